The molecule has 2 nitrogen and oxygen atoms in total. The van der Waals surface area contributed by atoms with Gasteiger partial charge in [-0.1, -0.05) is 60.7 Å². The van der Waals surface area contributed by atoms with Gasteiger partial charge in [-0.15, -0.1) is 0 Å². The predicted molar refractivity (Wildman–Crippen MR) is 78.7 cm³/mol. The van der Waals surface area contributed by atoms with Crippen LogP contribution >= 0.6 is 0 Å². The van der Waals surface area contributed by atoms with E-state index in [0.29, 0.717) is 12.1 Å². The summed E-state index contributed by atoms with van der Waals surface area (Å²) in [5.41, 5.74) is 8.91. The summed E-state index contributed by atoms with van der Waals surface area (Å²) in [4.78, 5) is 0. The van der Waals surface area contributed by atoms with Crippen molar-refractivity contribution in [2.45, 2.75) is 31.0 Å². The van der Waals surface area contributed by atoms with E-state index in [9.17, 15) is 0 Å². The van der Waals surface area contributed by atoms with E-state index < -0.39 is 0 Å². The smallest absolute Gasteiger partial charge is 0.0340 e. The average molecular weight is 252 g/mol. The van der Waals surface area contributed by atoms with E-state index >= 15 is 0 Å². The second-order valence-corrected chi connectivity index (χ2v) is 5.32. The molecule has 98 valence electrons. The van der Waals surface area contributed by atoms with Crippen molar-refractivity contribution in [3.05, 3.63) is 71.8 Å². The van der Waals surface area contributed by atoms with Crippen LogP contribution in [0.1, 0.15) is 36.1 Å². The van der Waals surface area contributed by atoms with Crippen molar-refractivity contribution in [3.63, 3.8) is 0 Å². The van der Waals surface area contributed by atoms with Gasteiger partial charge >= 0.3 is 0 Å². The normalized spacial score (nSPS) is 27.1. The Morgan fingerprint density at radius 3 is 1.58 bits per heavy atom. The van der Waals surface area contributed by atoms with Crippen molar-refractivity contribution < 1.29 is 0 Å². The Morgan fingerprint density at radius 1 is 0.737 bits per heavy atom. The first-order chi connectivity index (χ1) is 9.33. The lowest BCUT2D eigenvalue weighted by atomic mass is 9.87. The Kier molecular flexibility index (Phi) is 3.62. The molecule has 0 bridgehead atoms. The van der Waals surface area contributed by atoms with E-state index in [1.807, 2.05) is 0 Å². The minimum absolute atomic E-state index is 0.261. The molecule has 0 aromatic heterocycles. The van der Waals surface area contributed by atoms with Gasteiger partial charge in [-0.2, -0.15) is 0 Å². The van der Waals surface area contributed by atoms with Gasteiger partial charge in [0.25, 0.3) is 0 Å². The molecule has 1 aliphatic heterocycles. The molecule has 1 saturated heterocycles. The maximum Gasteiger partial charge on any atom is 0.0340 e. The fourth-order valence-corrected chi connectivity index (χ4v) is 2.92. The van der Waals surface area contributed by atoms with Crippen LogP contribution in [0.5, 0.6) is 0 Å². The highest BCUT2D eigenvalue weighted by molar-refractivity contribution is 5.24. The standard InChI is InChI=1S/C17H20N2/c18-15-11-16(13-7-3-1-4-8-13)19-17(12-15)14-9-5-2-6-10-14/h1-10,15-17,19H,11-12,18H2/t16-,17-/m1/s1. The maximum atomic E-state index is 6.25. The highest BCUT2D eigenvalue weighted by atomic mass is 15.0. The summed E-state index contributed by atoms with van der Waals surface area (Å²) in [5.74, 6) is 0. The number of rotatable bonds is 2. The molecule has 2 aromatic rings. The second kappa shape index (κ2) is 5.55. The van der Waals surface area contributed by atoms with Crippen LogP contribution in [-0.4, -0.2) is 6.04 Å². The Hall–Kier alpha value is -1.64. The van der Waals surface area contributed by atoms with Gasteiger partial charge < -0.3 is 11.1 Å². The van der Waals surface area contributed by atoms with Crippen LogP contribution in [0.2, 0.25) is 0 Å². The Labute approximate surface area is 114 Å². The molecular formula is C17H20N2. The molecule has 0 radical (unpaired) electrons. The van der Waals surface area contributed by atoms with Crippen molar-refractivity contribution in [2.24, 2.45) is 5.73 Å². The van der Waals surface area contributed by atoms with Crippen LogP contribution in [0.25, 0.3) is 0 Å². The summed E-state index contributed by atoms with van der Waals surface area (Å²) in [6, 6.07) is 22.2. The van der Waals surface area contributed by atoms with Crippen LogP contribution in [0, 0.1) is 0 Å². The summed E-state index contributed by atoms with van der Waals surface area (Å²) in [6.45, 7) is 0. The van der Waals surface area contributed by atoms with Gasteiger partial charge in [-0.25, -0.2) is 0 Å². The zero-order valence-electron chi connectivity index (χ0n) is 11.0. The predicted octanol–water partition coefficient (Wildman–Crippen LogP) is 3.18. The third kappa shape index (κ3) is 2.86. The van der Waals surface area contributed by atoms with E-state index in [1.165, 1.54) is 11.1 Å². The molecule has 0 saturated carbocycles. The van der Waals surface area contributed by atoms with Crippen molar-refractivity contribution in [3.8, 4) is 0 Å². The number of nitrogens with two attached hydrogens (primary N) is 1. The van der Waals surface area contributed by atoms with Gasteiger partial charge in [-0.05, 0) is 24.0 Å². The first-order valence-corrected chi connectivity index (χ1v) is 6.94. The quantitative estimate of drug-likeness (QED) is 0.861. The monoisotopic (exact) mass is 252 g/mol. The minimum atomic E-state index is 0.261. The molecule has 0 unspecified atom stereocenters. The summed E-state index contributed by atoms with van der Waals surface area (Å²) in [6.07, 6.45) is 2.01. The molecule has 2 aromatic carbocycles. The molecule has 1 aliphatic rings. The minimum Gasteiger partial charge on any atom is -0.328 e. The second-order valence-electron chi connectivity index (χ2n) is 5.32. The number of nitrogens with one attached hydrogen (secondary N) is 1. The number of benzene rings is 2. The van der Waals surface area contributed by atoms with Crippen LogP contribution in [0.3, 0.4) is 0 Å². The lowest BCUT2D eigenvalue weighted by Crippen LogP contribution is -2.41. The molecule has 3 N–H and O–H groups in total. The SMILES string of the molecule is NC1C[C@H](c2ccccc2)N[C@@H](c2ccccc2)C1. The Balaban J connectivity index is 1.82. The fourth-order valence-electron chi connectivity index (χ4n) is 2.92. The summed E-state index contributed by atoms with van der Waals surface area (Å²) < 4.78 is 0. The number of hydrogen-bond acceptors (Lipinski definition) is 2. The summed E-state index contributed by atoms with van der Waals surface area (Å²) in [5, 5.41) is 3.74. The lowest BCUT2D eigenvalue weighted by Gasteiger charge is -2.35. The molecule has 2 heteroatoms. The first-order valence-electron chi connectivity index (χ1n) is 6.94. The highest BCUT2D eigenvalue weighted by Crippen LogP contribution is 2.31. The molecule has 0 spiro atoms. The molecule has 1 heterocycles. The topological polar surface area (TPSA) is 38.0 Å². The van der Waals surface area contributed by atoms with E-state index in [0.717, 1.165) is 12.8 Å². The first kappa shape index (κ1) is 12.4. The van der Waals surface area contributed by atoms with Gasteiger partial charge in [0.1, 0.15) is 0 Å². The average Bonchev–Trinajstić information content (AvgIpc) is 2.48. The summed E-state index contributed by atoms with van der Waals surface area (Å²) in [7, 11) is 0. The molecule has 0 aliphatic carbocycles. The van der Waals surface area contributed by atoms with Crippen LogP contribution in [0.15, 0.2) is 60.7 Å². The van der Waals surface area contributed by atoms with Crippen molar-refractivity contribution in [2.75, 3.05) is 0 Å². The third-order valence-electron chi connectivity index (χ3n) is 3.88. The van der Waals surface area contributed by atoms with Gasteiger partial charge in [-0.3, -0.25) is 0 Å². The molecule has 0 amide bonds. The van der Waals surface area contributed by atoms with Crippen LogP contribution in [-0.2, 0) is 0 Å². The third-order valence-corrected chi connectivity index (χ3v) is 3.88. The Bertz CT molecular complexity index is 462. The zero-order valence-corrected chi connectivity index (χ0v) is 11.0. The molecule has 1 fully saturated rings. The van der Waals surface area contributed by atoms with Crippen LogP contribution < -0.4 is 11.1 Å². The number of hydrogen-bond donors (Lipinski definition) is 2. The Morgan fingerprint density at radius 2 is 1.16 bits per heavy atom. The van der Waals surface area contributed by atoms with E-state index in [-0.39, 0.29) is 6.04 Å². The molecule has 19 heavy (non-hydrogen) atoms. The summed E-state index contributed by atoms with van der Waals surface area (Å²) >= 11 is 0. The number of piperidine rings is 1. The van der Waals surface area contributed by atoms with Crippen molar-refractivity contribution >= 4 is 0 Å². The molecular weight excluding hydrogens is 232 g/mol. The lowest BCUT2D eigenvalue weighted by molar-refractivity contribution is 0.297. The van der Waals surface area contributed by atoms with E-state index in [2.05, 4.69) is 66.0 Å². The van der Waals surface area contributed by atoms with E-state index in [1.54, 1.807) is 0 Å². The van der Waals surface area contributed by atoms with Crippen LogP contribution in [0.4, 0.5) is 0 Å². The van der Waals surface area contributed by atoms with Crippen molar-refractivity contribution in [1.29, 1.82) is 0 Å². The maximum absolute atomic E-state index is 6.25. The van der Waals surface area contributed by atoms with Gasteiger partial charge in [0.05, 0.1) is 0 Å². The fraction of sp³-hybridized carbons (Fsp3) is 0.294. The van der Waals surface area contributed by atoms with Gasteiger partial charge in [0.2, 0.25) is 0 Å². The molecule has 2 atom stereocenters. The molecule has 3 rings (SSSR count). The van der Waals surface area contributed by atoms with Crippen molar-refractivity contribution in [1.82, 2.24) is 5.32 Å². The van der Waals surface area contributed by atoms with E-state index in [4.69, 9.17) is 5.73 Å². The highest BCUT2D eigenvalue weighted by Gasteiger charge is 2.27. The van der Waals surface area contributed by atoms with Gasteiger partial charge in [0.15, 0.2) is 0 Å². The largest absolute Gasteiger partial charge is 0.328 e. The zero-order chi connectivity index (χ0) is 13.1. The van der Waals surface area contributed by atoms with Gasteiger partial charge in [0, 0.05) is 18.1 Å².